The normalized spacial score (nSPS) is 16.7. The second-order valence-electron chi connectivity index (χ2n) is 5.61. The SMILES string of the molecule is CC(F)(F)c1cccc(Cn2nnn(C3CCOCC3)c2=O)n1. The molecule has 0 aliphatic carbocycles. The minimum Gasteiger partial charge on any atom is -0.381 e. The van der Waals surface area contributed by atoms with E-state index in [1.165, 1.54) is 16.8 Å². The highest BCUT2D eigenvalue weighted by molar-refractivity contribution is 5.14. The van der Waals surface area contributed by atoms with Crippen molar-refractivity contribution in [2.45, 2.75) is 38.3 Å². The molecule has 23 heavy (non-hydrogen) atoms. The maximum absolute atomic E-state index is 13.3. The molecule has 1 saturated heterocycles. The first-order chi connectivity index (χ1) is 10.9. The smallest absolute Gasteiger partial charge is 0.364 e. The molecular formula is C14H17F2N5O2. The Morgan fingerprint density at radius 3 is 2.74 bits per heavy atom. The third-order valence-electron chi connectivity index (χ3n) is 3.77. The van der Waals surface area contributed by atoms with Crippen LogP contribution in [-0.2, 0) is 17.2 Å². The number of nitrogens with zero attached hydrogens (tertiary/aromatic N) is 5. The number of pyridine rings is 1. The first-order valence-corrected chi connectivity index (χ1v) is 7.39. The maximum atomic E-state index is 13.3. The Bertz CT molecular complexity index is 731. The number of hydrogen-bond donors (Lipinski definition) is 0. The van der Waals surface area contributed by atoms with Gasteiger partial charge in [-0.3, -0.25) is 0 Å². The second kappa shape index (κ2) is 6.15. The number of halogens is 2. The molecule has 0 aromatic carbocycles. The lowest BCUT2D eigenvalue weighted by Gasteiger charge is -2.20. The molecule has 7 nitrogen and oxygen atoms in total. The summed E-state index contributed by atoms with van der Waals surface area (Å²) in [6.45, 7) is 1.96. The molecule has 1 aliphatic heterocycles. The van der Waals surface area contributed by atoms with Gasteiger partial charge in [0.05, 0.1) is 18.3 Å². The first kappa shape index (κ1) is 15.7. The Morgan fingerprint density at radius 2 is 2.04 bits per heavy atom. The molecule has 9 heteroatoms. The van der Waals surface area contributed by atoms with Crippen LogP contribution in [0.1, 0.15) is 37.2 Å². The van der Waals surface area contributed by atoms with E-state index in [-0.39, 0.29) is 24.0 Å². The van der Waals surface area contributed by atoms with Crippen LogP contribution in [0.3, 0.4) is 0 Å². The molecule has 0 radical (unpaired) electrons. The fraction of sp³-hybridized carbons (Fsp3) is 0.571. The highest BCUT2D eigenvalue weighted by Gasteiger charge is 2.26. The van der Waals surface area contributed by atoms with Crippen molar-refractivity contribution in [3.63, 3.8) is 0 Å². The summed E-state index contributed by atoms with van der Waals surface area (Å²) in [4.78, 5) is 16.2. The standard InChI is InChI=1S/C14H17F2N5O2/c1-14(15,16)12-4-2-3-10(17-12)9-20-13(22)21(19-18-20)11-5-7-23-8-6-11/h2-4,11H,5-9H2,1H3. The lowest BCUT2D eigenvalue weighted by molar-refractivity contribution is 0.0125. The van der Waals surface area contributed by atoms with Gasteiger partial charge in [0.1, 0.15) is 5.69 Å². The van der Waals surface area contributed by atoms with Crippen molar-refractivity contribution in [2.24, 2.45) is 0 Å². The molecule has 2 aromatic rings. The van der Waals surface area contributed by atoms with Crippen LogP contribution in [0.15, 0.2) is 23.0 Å². The van der Waals surface area contributed by atoms with Gasteiger partial charge in [-0.05, 0) is 35.4 Å². The van der Waals surface area contributed by atoms with Gasteiger partial charge in [-0.15, -0.1) is 0 Å². The summed E-state index contributed by atoms with van der Waals surface area (Å²) in [6.07, 6.45) is 1.41. The fourth-order valence-corrected chi connectivity index (χ4v) is 2.51. The molecule has 0 N–H and O–H groups in total. The van der Waals surface area contributed by atoms with E-state index >= 15 is 0 Å². The van der Waals surface area contributed by atoms with Crippen LogP contribution in [0.2, 0.25) is 0 Å². The van der Waals surface area contributed by atoms with Crippen LogP contribution in [-0.4, -0.2) is 38.0 Å². The van der Waals surface area contributed by atoms with Crippen LogP contribution in [0, 0.1) is 0 Å². The van der Waals surface area contributed by atoms with Gasteiger partial charge < -0.3 is 4.74 Å². The van der Waals surface area contributed by atoms with E-state index in [9.17, 15) is 13.6 Å². The van der Waals surface area contributed by atoms with E-state index in [4.69, 9.17) is 4.74 Å². The van der Waals surface area contributed by atoms with Gasteiger partial charge in [0.2, 0.25) is 0 Å². The van der Waals surface area contributed by atoms with Crippen molar-refractivity contribution in [3.8, 4) is 0 Å². The van der Waals surface area contributed by atoms with E-state index in [0.29, 0.717) is 31.7 Å². The molecular weight excluding hydrogens is 308 g/mol. The van der Waals surface area contributed by atoms with E-state index in [0.717, 1.165) is 11.6 Å². The van der Waals surface area contributed by atoms with Gasteiger partial charge in [-0.1, -0.05) is 6.07 Å². The van der Waals surface area contributed by atoms with Crippen molar-refractivity contribution in [2.75, 3.05) is 13.2 Å². The third kappa shape index (κ3) is 3.44. The van der Waals surface area contributed by atoms with Crippen LogP contribution in [0.25, 0.3) is 0 Å². The summed E-state index contributed by atoms with van der Waals surface area (Å²) >= 11 is 0. The predicted molar refractivity (Wildman–Crippen MR) is 76.3 cm³/mol. The van der Waals surface area contributed by atoms with Crippen molar-refractivity contribution in [3.05, 3.63) is 40.1 Å². The van der Waals surface area contributed by atoms with Crippen molar-refractivity contribution in [1.29, 1.82) is 0 Å². The number of ether oxygens (including phenoxy) is 1. The lowest BCUT2D eigenvalue weighted by atomic mass is 10.1. The molecule has 3 heterocycles. The van der Waals surface area contributed by atoms with Crippen LogP contribution >= 0.6 is 0 Å². The number of rotatable bonds is 4. The number of alkyl halides is 2. The Labute approximate surface area is 130 Å². The van der Waals surface area contributed by atoms with Crippen LogP contribution < -0.4 is 5.69 Å². The molecule has 1 fully saturated rings. The molecule has 0 saturated carbocycles. The molecule has 0 bridgehead atoms. The first-order valence-electron chi connectivity index (χ1n) is 7.39. The summed E-state index contributed by atoms with van der Waals surface area (Å²) in [5.74, 6) is -3.03. The van der Waals surface area contributed by atoms with Gasteiger partial charge in [0.15, 0.2) is 0 Å². The second-order valence-corrected chi connectivity index (χ2v) is 5.61. The average Bonchev–Trinajstić information content (AvgIpc) is 2.89. The summed E-state index contributed by atoms with van der Waals surface area (Å²) in [5, 5.41) is 7.72. The molecule has 3 rings (SSSR count). The van der Waals surface area contributed by atoms with Crippen LogP contribution in [0.5, 0.6) is 0 Å². The van der Waals surface area contributed by atoms with Gasteiger partial charge in [0, 0.05) is 20.1 Å². The molecule has 2 aromatic heterocycles. The largest absolute Gasteiger partial charge is 0.381 e. The average molecular weight is 325 g/mol. The zero-order chi connectivity index (χ0) is 16.4. The quantitative estimate of drug-likeness (QED) is 0.848. The topological polar surface area (TPSA) is 74.8 Å². The Morgan fingerprint density at radius 1 is 1.30 bits per heavy atom. The number of hydrogen-bond acceptors (Lipinski definition) is 5. The highest BCUT2D eigenvalue weighted by Crippen LogP contribution is 2.25. The number of aromatic nitrogens is 5. The Balaban J connectivity index is 1.81. The van der Waals surface area contributed by atoms with E-state index in [1.807, 2.05) is 0 Å². The Hall–Kier alpha value is -2.16. The predicted octanol–water partition coefficient (Wildman–Crippen LogP) is 1.35. The van der Waals surface area contributed by atoms with Crippen molar-refractivity contribution in [1.82, 2.24) is 24.8 Å². The minimum absolute atomic E-state index is 0.00593. The number of tetrazole rings is 1. The summed E-state index contributed by atoms with van der Waals surface area (Å²) < 4.78 is 34.4. The zero-order valence-electron chi connectivity index (χ0n) is 12.7. The molecule has 0 amide bonds. The van der Waals surface area contributed by atoms with Gasteiger partial charge >= 0.3 is 5.69 Å². The summed E-state index contributed by atoms with van der Waals surface area (Å²) in [6, 6.07) is 4.29. The van der Waals surface area contributed by atoms with Gasteiger partial charge in [-0.2, -0.15) is 18.1 Å². The summed E-state index contributed by atoms with van der Waals surface area (Å²) in [5.41, 5.74) is -0.364. The van der Waals surface area contributed by atoms with Gasteiger partial charge in [0.25, 0.3) is 5.92 Å². The maximum Gasteiger partial charge on any atom is 0.364 e. The van der Waals surface area contributed by atoms with E-state index < -0.39 is 5.92 Å². The lowest BCUT2D eigenvalue weighted by Crippen LogP contribution is -2.32. The zero-order valence-corrected chi connectivity index (χ0v) is 12.7. The molecule has 0 atom stereocenters. The monoisotopic (exact) mass is 325 g/mol. The molecule has 0 spiro atoms. The van der Waals surface area contributed by atoms with Crippen LogP contribution in [0.4, 0.5) is 8.78 Å². The van der Waals surface area contributed by atoms with E-state index in [1.54, 1.807) is 6.07 Å². The molecule has 0 unspecified atom stereocenters. The molecule has 124 valence electrons. The third-order valence-corrected chi connectivity index (χ3v) is 3.77. The summed E-state index contributed by atoms with van der Waals surface area (Å²) in [7, 11) is 0. The van der Waals surface area contributed by atoms with Crippen molar-refractivity contribution >= 4 is 0 Å². The minimum atomic E-state index is -3.03. The fourth-order valence-electron chi connectivity index (χ4n) is 2.51. The highest BCUT2D eigenvalue weighted by atomic mass is 19.3. The molecule has 1 aliphatic rings. The van der Waals surface area contributed by atoms with E-state index in [2.05, 4.69) is 15.4 Å². The van der Waals surface area contributed by atoms with Crippen molar-refractivity contribution < 1.29 is 13.5 Å². The Kier molecular flexibility index (Phi) is 4.20. The van der Waals surface area contributed by atoms with Gasteiger partial charge in [-0.25, -0.2) is 9.78 Å².